The van der Waals surface area contributed by atoms with Crippen molar-refractivity contribution in [1.29, 1.82) is 0 Å². The molecule has 3 nitrogen and oxygen atoms in total. The number of alkyl halides is 1. The summed E-state index contributed by atoms with van der Waals surface area (Å²) in [6.07, 6.45) is 0. The highest BCUT2D eigenvalue weighted by Gasteiger charge is 2.70. The summed E-state index contributed by atoms with van der Waals surface area (Å²) >= 11 is 3.26. The number of rotatable bonds is 1. The van der Waals surface area contributed by atoms with Gasteiger partial charge in [-0.3, -0.25) is 4.79 Å². The van der Waals surface area contributed by atoms with Crippen LogP contribution in [0.4, 0.5) is 0 Å². The van der Waals surface area contributed by atoms with Gasteiger partial charge in [-0.25, -0.2) is 0 Å². The monoisotopic (exact) mass is 241 g/mol. The fourth-order valence-corrected chi connectivity index (χ4v) is 2.62. The van der Waals surface area contributed by atoms with Crippen molar-refractivity contribution in [2.45, 2.75) is 4.32 Å². The molecule has 1 unspecified atom stereocenters. The van der Waals surface area contributed by atoms with Crippen molar-refractivity contribution in [3.05, 3.63) is 0 Å². The SMILES string of the molecule is Cl.O=C(O)C1(Br)[C@@H]2CNC[C@@H]21. The predicted octanol–water partition coefficient (Wildman–Crippen LogP) is 0.476. The topological polar surface area (TPSA) is 49.3 Å². The zero-order chi connectivity index (χ0) is 7.35. The van der Waals surface area contributed by atoms with Gasteiger partial charge in [0.15, 0.2) is 0 Å². The van der Waals surface area contributed by atoms with Crippen LogP contribution in [-0.2, 0) is 4.79 Å². The summed E-state index contributed by atoms with van der Waals surface area (Å²) in [5.41, 5.74) is 0. The van der Waals surface area contributed by atoms with Crippen LogP contribution in [0.1, 0.15) is 0 Å². The van der Waals surface area contributed by atoms with Gasteiger partial charge in [0, 0.05) is 24.9 Å². The van der Waals surface area contributed by atoms with Crippen molar-refractivity contribution >= 4 is 34.3 Å². The lowest BCUT2D eigenvalue weighted by Gasteiger charge is -2.06. The lowest BCUT2D eigenvalue weighted by atomic mass is 10.3. The van der Waals surface area contributed by atoms with E-state index in [0.29, 0.717) is 11.8 Å². The second kappa shape index (κ2) is 2.61. The fraction of sp³-hybridized carbons (Fsp3) is 0.833. The molecule has 2 rings (SSSR count). The zero-order valence-corrected chi connectivity index (χ0v) is 8.11. The maximum Gasteiger partial charge on any atom is 0.321 e. The molecule has 1 saturated heterocycles. The first-order valence-corrected chi connectivity index (χ1v) is 4.09. The normalized spacial score (nSPS) is 45.9. The van der Waals surface area contributed by atoms with E-state index in [9.17, 15) is 4.79 Å². The van der Waals surface area contributed by atoms with Crippen LogP contribution in [0.5, 0.6) is 0 Å². The Kier molecular flexibility index (Phi) is 2.20. The Labute approximate surface area is 79.1 Å². The van der Waals surface area contributed by atoms with Gasteiger partial charge in [0.1, 0.15) is 4.32 Å². The van der Waals surface area contributed by atoms with Gasteiger partial charge < -0.3 is 10.4 Å². The van der Waals surface area contributed by atoms with Crippen LogP contribution in [-0.4, -0.2) is 28.5 Å². The van der Waals surface area contributed by atoms with Crippen molar-refractivity contribution in [3.63, 3.8) is 0 Å². The smallest absolute Gasteiger partial charge is 0.321 e. The summed E-state index contributed by atoms with van der Waals surface area (Å²) in [5, 5.41) is 11.9. The number of hydrogen-bond acceptors (Lipinski definition) is 2. The Bertz CT molecular complexity index is 189. The summed E-state index contributed by atoms with van der Waals surface area (Å²) in [7, 11) is 0. The number of carboxylic acid groups (broad SMARTS) is 1. The molecule has 0 amide bonds. The summed E-state index contributed by atoms with van der Waals surface area (Å²) in [4.78, 5) is 10.6. The predicted molar refractivity (Wildman–Crippen MR) is 46.4 cm³/mol. The Hall–Kier alpha value is 0.200. The minimum atomic E-state index is -0.705. The molecule has 1 aliphatic carbocycles. The third-order valence-electron chi connectivity index (χ3n) is 2.51. The van der Waals surface area contributed by atoms with E-state index in [1.54, 1.807) is 0 Å². The minimum absolute atomic E-state index is 0. The molecule has 2 fully saturated rings. The molecule has 0 aromatic heterocycles. The van der Waals surface area contributed by atoms with E-state index >= 15 is 0 Å². The number of carboxylic acids is 1. The summed E-state index contributed by atoms with van der Waals surface area (Å²) < 4.78 is -0.571. The first-order chi connectivity index (χ1) is 4.67. The Morgan fingerprint density at radius 1 is 1.55 bits per heavy atom. The summed E-state index contributed by atoms with van der Waals surface area (Å²) in [6, 6.07) is 0. The number of hydrogen-bond donors (Lipinski definition) is 2. The van der Waals surface area contributed by atoms with E-state index in [2.05, 4.69) is 21.2 Å². The van der Waals surface area contributed by atoms with E-state index in [0.717, 1.165) is 13.1 Å². The van der Waals surface area contributed by atoms with Gasteiger partial charge in [-0.1, -0.05) is 15.9 Å². The van der Waals surface area contributed by atoms with Crippen molar-refractivity contribution in [3.8, 4) is 0 Å². The van der Waals surface area contributed by atoms with E-state index in [1.165, 1.54) is 0 Å². The Balaban J connectivity index is 0.000000605. The van der Waals surface area contributed by atoms with Crippen LogP contribution in [0.25, 0.3) is 0 Å². The van der Waals surface area contributed by atoms with Gasteiger partial charge in [0.05, 0.1) is 0 Å². The lowest BCUT2D eigenvalue weighted by Crippen LogP contribution is -2.28. The molecule has 2 aliphatic rings. The highest BCUT2D eigenvalue weighted by molar-refractivity contribution is 9.10. The molecule has 3 atom stereocenters. The quantitative estimate of drug-likeness (QED) is 0.658. The molecule has 1 saturated carbocycles. The maximum absolute atomic E-state index is 10.6. The maximum atomic E-state index is 10.6. The van der Waals surface area contributed by atoms with Gasteiger partial charge >= 0.3 is 5.97 Å². The molecule has 11 heavy (non-hydrogen) atoms. The molecule has 0 bridgehead atoms. The second-order valence-electron chi connectivity index (χ2n) is 2.94. The van der Waals surface area contributed by atoms with E-state index < -0.39 is 10.3 Å². The molecule has 0 radical (unpaired) electrons. The second-order valence-corrected chi connectivity index (χ2v) is 4.26. The van der Waals surface area contributed by atoms with E-state index in [4.69, 9.17) is 5.11 Å². The van der Waals surface area contributed by atoms with Crippen LogP contribution in [0, 0.1) is 11.8 Å². The first kappa shape index (κ1) is 9.29. The van der Waals surface area contributed by atoms with Crippen molar-refractivity contribution in [1.82, 2.24) is 5.32 Å². The molecule has 0 aromatic rings. The van der Waals surface area contributed by atoms with Gasteiger partial charge in [-0.15, -0.1) is 12.4 Å². The molecule has 0 aromatic carbocycles. The first-order valence-electron chi connectivity index (χ1n) is 3.30. The van der Waals surface area contributed by atoms with E-state index in [-0.39, 0.29) is 12.4 Å². The largest absolute Gasteiger partial charge is 0.480 e. The molecular formula is C6H9BrClNO2. The van der Waals surface area contributed by atoms with Crippen molar-refractivity contribution < 1.29 is 9.90 Å². The van der Waals surface area contributed by atoms with Crippen molar-refractivity contribution in [2.24, 2.45) is 11.8 Å². The van der Waals surface area contributed by atoms with Gasteiger partial charge in [0.25, 0.3) is 0 Å². The van der Waals surface area contributed by atoms with Crippen LogP contribution < -0.4 is 5.32 Å². The average molecular weight is 242 g/mol. The molecular weight excluding hydrogens is 233 g/mol. The molecule has 1 aliphatic heterocycles. The van der Waals surface area contributed by atoms with Gasteiger partial charge in [0.2, 0.25) is 0 Å². The van der Waals surface area contributed by atoms with Gasteiger partial charge in [-0.05, 0) is 0 Å². The minimum Gasteiger partial charge on any atom is -0.480 e. The summed E-state index contributed by atoms with van der Waals surface area (Å²) in [5.74, 6) is -0.0565. The molecule has 5 heteroatoms. The standard InChI is InChI=1S/C6H8BrNO2.ClH/c7-6(5(9)10)3-1-8-2-4(3)6;/h3-4,8H,1-2H2,(H,9,10);1H/t3-,4+,6?;. The number of halogens is 2. The van der Waals surface area contributed by atoms with Crippen LogP contribution in [0.2, 0.25) is 0 Å². The van der Waals surface area contributed by atoms with Crippen LogP contribution in [0.3, 0.4) is 0 Å². The number of carbonyl (C=O) groups is 1. The Morgan fingerprint density at radius 3 is 2.27 bits per heavy atom. The average Bonchev–Trinajstić information content (AvgIpc) is 2.28. The number of aliphatic carboxylic acids is 1. The molecule has 0 spiro atoms. The highest BCUT2D eigenvalue weighted by atomic mass is 79.9. The van der Waals surface area contributed by atoms with E-state index in [1.807, 2.05) is 0 Å². The fourth-order valence-electron chi connectivity index (χ4n) is 1.79. The highest BCUT2D eigenvalue weighted by Crippen LogP contribution is 2.59. The number of nitrogens with one attached hydrogen (secondary N) is 1. The lowest BCUT2D eigenvalue weighted by molar-refractivity contribution is -0.137. The Morgan fingerprint density at radius 2 is 2.00 bits per heavy atom. The number of fused-ring (bicyclic) bond motifs is 1. The van der Waals surface area contributed by atoms with Crippen molar-refractivity contribution in [2.75, 3.05) is 13.1 Å². The zero-order valence-electron chi connectivity index (χ0n) is 5.71. The molecule has 1 heterocycles. The third-order valence-corrected chi connectivity index (χ3v) is 4.03. The molecule has 2 N–H and O–H groups in total. The third kappa shape index (κ3) is 0.999. The number of piperidine rings is 1. The van der Waals surface area contributed by atoms with Gasteiger partial charge in [-0.2, -0.15) is 0 Å². The van der Waals surface area contributed by atoms with Crippen LogP contribution in [0.15, 0.2) is 0 Å². The van der Waals surface area contributed by atoms with Crippen LogP contribution >= 0.6 is 28.3 Å². The molecule has 64 valence electrons. The summed E-state index contributed by atoms with van der Waals surface area (Å²) in [6.45, 7) is 1.70.